The Labute approximate surface area is 118 Å². The van der Waals surface area contributed by atoms with Gasteiger partial charge in [0.2, 0.25) is 0 Å². The van der Waals surface area contributed by atoms with Gasteiger partial charge in [-0.25, -0.2) is 4.79 Å². The van der Waals surface area contributed by atoms with Crippen molar-refractivity contribution in [2.75, 3.05) is 18.8 Å². The highest BCUT2D eigenvalue weighted by Gasteiger charge is 2.25. The lowest BCUT2D eigenvalue weighted by Gasteiger charge is -2.22. The molecule has 0 bridgehead atoms. The van der Waals surface area contributed by atoms with E-state index in [1.165, 1.54) is 6.20 Å². The molecule has 0 saturated carbocycles. The van der Waals surface area contributed by atoms with Crippen molar-refractivity contribution in [3.05, 3.63) is 17.5 Å². The number of hydrogen-bond donors (Lipinski definition) is 1. The summed E-state index contributed by atoms with van der Waals surface area (Å²) < 4.78 is 1.99. The van der Waals surface area contributed by atoms with Crippen molar-refractivity contribution in [2.45, 2.75) is 31.6 Å². The molecule has 106 valence electrons. The highest BCUT2D eigenvalue weighted by Crippen LogP contribution is 2.31. The van der Waals surface area contributed by atoms with Crippen LogP contribution < -0.4 is 0 Å². The number of carboxylic acids is 1. The molecule has 1 aliphatic heterocycles. The normalized spacial score (nSPS) is 20.2. The summed E-state index contributed by atoms with van der Waals surface area (Å²) in [5, 5.41) is 13.2. The van der Waals surface area contributed by atoms with E-state index in [0.29, 0.717) is 16.9 Å². The van der Waals surface area contributed by atoms with E-state index in [9.17, 15) is 9.90 Å². The van der Waals surface area contributed by atoms with Gasteiger partial charge < -0.3 is 5.11 Å². The molecule has 2 rings (SSSR count). The van der Waals surface area contributed by atoms with Gasteiger partial charge in [0.15, 0.2) is 0 Å². The molecule has 0 aromatic carbocycles. The van der Waals surface area contributed by atoms with Crippen LogP contribution in [-0.2, 0) is 13.6 Å². The van der Waals surface area contributed by atoms with E-state index < -0.39 is 5.97 Å². The third kappa shape index (κ3) is 3.51. The Morgan fingerprint density at radius 2 is 2.26 bits per heavy atom. The molecule has 2 heterocycles. The minimum absolute atomic E-state index is 0.316. The molecule has 1 aromatic rings. The molecule has 19 heavy (non-hydrogen) atoms. The standard InChI is InChI=1S/C13H21N3O2S/c1-13(2)4-5-16(6-7-19-13)9-11-10(12(17)18)8-14-15(11)3/h8H,4-7,9H2,1-3H3,(H,17,18). The third-order valence-corrected chi connectivity index (χ3v) is 4.97. The van der Waals surface area contributed by atoms with Gasteiger partial charge in [0.05, 0.1) is 11.9 Å². The second-order valence-corrected chi connectivity index (χ2v) is 7.37. The zero-order valence-electron chi connectivity index (χ0n) is 11.7. The van der Waals surface area contributed by atoms with Crippen LogP contribution in [0.15, 0.2) is 6.20 Å². The maximum Gasteiger partial charge on any atom is 0.339 e. The summed E-state index contributed by atoms with van der Waals surface area (Å²) in [5.41, 5.74) is 1.11. The zero-order chi connectivity index (χ0) is 14.0. The summed E-state index contributed by atoms with van der Waals surface area (Å²) in [4.78, 5) is 13.5. The number of aromatic carboxylic acids is 1. The van der Waals surface area contributed by atoms with E-state index in [1.54, 1.807) is 11.7 Å². The summed E-state index contributed by atoms with van der Waals surface area (Å²) in [6.07, 6.45) is 2.56. The molecule has 1 saturated heterocycles. The Balaban J connectivity index is 2.09. The Bertz CT molecular complexity index is 470. The molecule has 5 nitrogen and oxygen atoms in total. The number of aryl methyl sites for hydroxylation is 1. The molecule has 1 aliphatic rings. The summed E-state index contributed by atoms with van der Waals surface area (Å²) in [5.74, 6) is 0.195. The first kappa shape index (κ1) is 14.4. The van der Waals surface area contributed by atoms with Gasteiger partial charge in [0.25, 0.3) is 0 Å². The summed E-state index contributed by atoms with van der Waals surface area (Å²) in [6.45, 7) is 7.21. The number of hydrogen-bond acceptors (Lipinski definition) is 4. The van der Waals surface area contributed by atoms with E-state index in [1.807, 2.05) is 11.8 Å². The van der Waals surface area contributed by atoms with Crippen LogP contribution >= 0.6 is 11.8 Å². The van der Waals surface area contributed by atoms with Gasteiger partial charge in [-0.2, -0.15) is 16.9 Å². The van der Waals surface area contributed by atoms with Crippen LogP contribution in [0.4, 0.5) is 0 Å². The SMILES string of the molecule is Cn1ncc(C(=O)O)c1CN1CCSC(C)(C)CC1. The zero-order valence-corrected chi connectivity index (χ0v) is 12.5. The smallest absolute Gasteiger partial charge is 0.339 e. The van der Waals surface area contributed by atoms with Gasteiger partial charge in [0, 0.05) is 30.6 Å². The lowest BCUT2D eigenvalue weighted by Crippen LogP contribution is -2.28. The van der Waals surface area contributed by atoms with Crippen LogP contribution in [0.25, 0.3) is 0 Å². The molecule has 0 atom stereocenters. The minimum Gasteiger partial charge on any atom is -0.478 e. The van der Waals surface area contributed by atoms with E-state index in [2.05, 4.69) is 23.8 Å². The van der Waals surface area contributed by atoms with Gasteiger partial charge in [-0.1, -0.05) is 13.8 Å². The monoisotopic (exact) mass is 283 g/mol. The number of rotatable bonds is 3. The average molecular weight is 283 g/mol. The molecule has 0 aliphatic carbocycles. The quantitative estimate of drug-likeness (QED) is 0.917. The second-order valence-electron chi connectivity index (χ2n) is 5.57. The maximum atomic E-state index is 11.2. The van der Waals surface area contributed by atoms with Crippen molar-refractivity contribution in [2.24, 2.45) is 7.05 Å². The molecular formula is C13H21N3O2S. The lowest BCUT2D eigenvalue weighted by molar-refractivity contribution is 0.0694. The van der Waals surface area contributed by atoms with Gasteiger partial charge in [-0.3, -0.25) is 9.58 Å². The molecule has 1 N–H and O–H groups in total. The van der Waals surface area contributed by atoms with Crippen LogP contribution in [0.2, 0.25) is 0 Å². The van der Waals surface area contributed by atoms with Crippen molar-refractivity contribution in [1.82, 2.24) is 14.7 Å². The Hall–Kier alpha value is -1.01. The number of carboxylic acid groups (broad SMARTS) is 1. The van der Waals surface area contributed by atoms with E-state index in [0.717, 1.165) is 31.0 Å². The average Bonchev–Trinajstić information content (AvgIpc) is 2.58. The summed E-state index contributed by atoms with van der Waals surface area (Å²) in [7, 11) is 1.80. The van der Waals surface area contributed by atoms with E-state index in [4.69, 9.17) is 0 Å². The highest BCUT2D eigenvalue weighted by molar-refractivity contribution is 8.00. The van der Waals surface area contributed by atoms with E-state index in [-0.39, 0.29) is 0 Å². The highest BCUT2D eigenvalue weighted by atomic mass is 32.2. The lowest BCUT2D eigenvalue weighted by atomic mass is 10.1. The number of carbonyl (C=O) groups is 1. The fourth-order valence-corrected chi connectivity index (χ4v) is 3.40. The molecule has 0 amide bonds. The van der Waals surface area contributed by atoms with Gasteiger partial charge in [0.1, 0.15) is 5.56 Å². The number of nitrogens with zero attached hydrogens (tertiary/aromatic N) is 3. The van der Waals surface area contributed by atoms with Crippen LogP contribution in [0.3, 0.4) is 0 Å². The first-order valence-electron chi connectivity index (χ1n) is 6.49. The Kier molecular flexibility index (Phi) is 4.20. The van der Waals surface area contributed by atoms with Crippen LogP contribution in [0.1, 0.15) is 36.3 Å². The fourth-order valence-electron chi connectivity index (χ4n) is 2.26. The van der Waals surface area contributed by atoms with Crippen molar-refractivity contribution in [3.8, 4) is 0 Å². The number of aromatic nitrogens is 2. The van der Waals surface area contributed by atoms with Crippen LogP contribution in [0.5, 0.6) is 0 Å². The summed E-state index contributed by atoms with van der Waals surface area (Å²) >= 11 is 1.99. The second kappa shape index (κ2) is 5.54. The van der Waals surface area contributed by atoms with Crippen LogP contribution in [0, 0.1) is 0 Å². The first-order chi connectivity index (χ1) is 8.89. The largest absolute Gasteiger partial charge is 0.478 e. The molecule has 1 aromatic heterocycles. The Morgan fingerprint density at radius 3 is 2.95 bits per heavy atom. The van der Waals surface area contributed by atoms with E-state index >= 15 is 0 Å². The summed E-state index contributed by atoms with van der Waals surface area (Å²) in [6, 6.07) is 0. The predicted molar refractivity (Wildman–Crippen MR) is 76.6 cm³/mol. The topological polar surface area (TPSA) is 58.4 Å². The van der Waals surface area contributed by atoms with Gasteiger partial charge in [-0.05, 0) is 13.0 Å². The van der Waals surface area contributed by atoms with Crippen LogP contribution in [-0.4, -0.2) is 49.3 Å². The van der Waals surface area contributed by atoms with Gasteiger partial charge in [-0.15, -0.1) is 0 Å². The molecule has 1 fully saturated rings. The maximum absolute atomic E-state index is 11.2. The third-order valence-electron chi connectivity index (χ3n) is 3.60. The van der Waals surface area contributed by atoms with Crippen molar-refractivity contribution in [1.29, 1.82) is 0 Å². The molecular weight excluding hydrogens is 262 g/mol. The van der Waals surface area contributed by atoms with Crippen molar-refractivity contribution in [3.63, 3.8) is 0 Å². The molecule has 0 unspecified atom stereocenters. The first-order valence-corrected chi connectivity index (χ1v) is 7.48. The van der Waals surface area contributed by atoms with Gasteiger partial charge >= 0.3 is 5.97 Å². The van der Waals surface area contributed by atoms with Crippen molar-refractivity contribution < 1.29 is 9.90 Å². The fraction of sp³-hybridized carbons (Fsp3) is 0.692. The minimum atomic E-state index is -0.896. The molecule has 0 radical (unpaired) electrons. The van der Waals surface area contributed by atoms with Crippen molar-refractivity contribution >= 4 is 17.7 Å². The Morgan fingerprint density at radius 1 is 1.53 bits per heavy atom. The molecule has 0 spiro atoms. The predicted octanol–water partition coefficient (Wildman–Crippen LogP) is 1.84. The number of thioether (sulfide) groups is 1. The molecule has 6 heteroatoms.